The highest BCUT2D eigenvalue weighted by Gasteiger charge is 2.22. The summed E-state index contributed by atoms with van der Waals surface area (Å²) in [6.07, 6.45) is 0. The highest BCUT2D eigenvalue weighted by molar-refractivity contribution is 9.10. The van der Waals surface area contributed by atoms with Crippen LogP contribution in [0.15, 0.2) is 48.9 Å². The standard InChI is InChI=1S/C16H18BrNO4S/c1-10-9-13(14(17)15(19)22-10)11-5-7-12(8-6-11)23(20,21)18-16(2,3)4/h5-9,18H,1-4H3. The van der Waals surface area contributed by atoms with Gasteiger partial charge in [0.15, 0.2) is 0 Å². The molecule has 0 amide bonds. The molecule has 0 bridgehead atoms. The van der Waals surface area contributed by atoms with Gasteiger partial charge in [0.1, 0.15) is 10.2 Å². The molecule has 2 aromatic rings. The summed E-state index contributed by atoms with van der Waals surface area (Å²) in [5, 5.41) is 0. The topological polar surface area (TPSA) is 76.4 Å². The third-order valence-electron chi connectivity index (χ3n) is 2.93. The summed E-state index contributed by atoms with van der Waals surface area (Å²) >= 11 is 3.21. The third-order valence-corrected chi connectivity index (χ3v) is 5.46. The first kappa shape index (κ1) is 17.9. The van der Waals surface area contributed by atoms with E-state index < -0.39 is 21.2 Å². The van der Waals surface area contributed by atoms with Crippen molar-refractivity contribution in [1.82, 2.24) is 4.72 Å². The van der Waals surface area contributed by atoms with Crippen molar-refractivity contribution >= 4 is 26.0 Å². The second-order valence-electron chi connectivity index (χ2n) is 6.25. The Balaban J connectivity index is 2.43. The molecular formula is C16H18BrNO4S. The molecule has 0 spiro atoms. The second-order valence-corrected chi connectivity index (χ2v) is 8.73. The monoisotopic (exact) mass is 399 g/mol. The van der Waals surface area contributed by atoms with Gasteiger partial charge in [-0.15, -0.1) is 0 Å². The number of benzene rings is 1. The summed E-state index contributed by atoms with van der Waals surface area (Å²) < 4.78 is 32.5. The SMILES string of the molecule is Cc1cc(-c2ccc(S(=O)(=O)NC(C)(C)C)cc2)c(Br)c(=O)o1. The Morgan fingerprint density at radius 2 is 1.70 bits per heavy atom. The number of hydrogen-bond acceptors (Lipinski definition) is 4. The van der Waals surface area contributed by atoms with Gasteiger partial charge in [-0.1, -0.05) is 12.1 Å². The van der Waals surface area contributed by atoms with Crippen LogP contribution in [0.5, 0.6) is 0 Å². The van der Waals surface area contributed by atoms with Crippen molar-refractivity contribution in [2.24, 2.45) is 0 Å². The summed E-state index contributed by atoms with van der Waals surface area (Å²) in [7, 11) is -3.59. The molecule has 0 radical (unpaired) electrons. The van der Waals surface area contributed by atoms with Gasteiger partial charge in [-0.3, -0.25) is 0 Å². The molecule has 0 aliphatic rings. The van der Waals surface area contributed by atoms with Crippen molar-refractivity contribution in [3.8, 4) is 11.1 Å². The van der Waals surface area contributed by atoms with E-state index in [0.717, 1.165) is 5.56 Å². The molecule has 0 atom stereocenters. The molecule has 1 aromatic carbocycles. The summed E-state index contributed by atoms with van der Waals surface area (Å²) in [6.45, 7) is 7.02. The number of hydrogen-bond donors (Lipinski definition) is 1. The lowest BCUT2D eigenvalue weighted by Gasteiger charge is -2.20. The fraction of sp³-hybridized carbons (Fsp3) is 0.312. The largest absolute Gasteiger partial charge is 0.427 e. The minimum absolute atomic E-state index is 0.173. The van der Waals surface area contributed by atoms with Gasteiger partial charge in [0.2, 0.25) is 10.0 Å². The lowest BCUT2D eigenvalue weighted by molar-refractivity contribution is 0.477. The Bertz CT molecular complexity index is 878. The molecule has 1 heterocycles. The Morgan fingerprint density at radius 1 is 1.13 bits per heavy atom. The Morgan fingerprint density at radius 3 is 2.22 bits per heavy atom. The van der Waals surface area contributed by atoms with E-state index in [1.165, 1.54) is 12.1 Å². The summed E-state index contributed by atoms with van der Waals surface area (Å²) in [5.41, 5.74) is 0.357. The minimum atomic E-state index is -3.59. The van der Waals surface area contributed by atoms with Gasteiger partial charge in [-0.05, 0) is 67.4 Å². The zero-order valence-electron chi connectivity index (χ0n) is 13.3. The van der Waals surface area contributed by atoms with E-state index in [1.54, 1.807) is 45.9 Å². The average Bonchev–Trinajstić information content (AvgIpc) is 2.40. The summed E-state index contributed by atoms with van der Waals surface area (Å²) in [6, 6.07) is 8.08. The van der Waals surface area contributed by atoms with Gasteiger partial charge in [0.05, 0.1) is 4.90 Å². The number of rotatable bonds is 3. The third kappa shape index (κ3) is 4.31. The molecule has 0 saturated heterocycles. The molecule has 0 aliphatic carbocycles. The van der Waals surface area contributed by atoms with Crippen LogP contribution >= 0.6 is 15.9 Å². The van der Waals surface area contributed by atoms with Gasteiger partial charge in [-0.25, -0.2) is 17.9 Å². The van der Waals surface area contributed by atoms with Crippen molar-refractivity contribution in [1.29, 1.82) is 0 Å². The van der Waals surface area contributed by atoms with Gasteiger partial charge in [0, 0.05) is 11.1 Å². The van der Waals surface area contributed by atoms with E-state index in [-0.39, 0.29) is 4.90 Å². The van der Waals surface area contributed by atoms with E-state index in [4.69, 9.17) is 4.42 Å². The van der Waals surface area contributed by atoms with Crippen LogP contribution in [-0.2, 0) is 10.0 Å². The maximum atomic E-state index is 12.3. The van der Waals surface area contributed by atoms with Crippen LogP contribution in [0.2, 0.25) is 0 Å². The Hall–Kier alpha value is -1.44. The van der Waals surface area contributed by atoms with E-state index in [2.05, 4.69) is 20.7 Å². The van der Waals surface area contributed by atoms with Crippen molar-refractivity contribution in [3.63, 3.8) is 0 Å². The lowest BCUT2D eigenvalue weighted by Crippen LogP contribution is -2.40. The van der Waals surface area contributed by atoms with Crippen LogP contribution in [-0.4, -0.2) is 14.0 Å². The summed E-state index contributed by atoms with van der Waals surface area (Å²) in [5.74, 6) is 0.485. The van der Waals surface area contributed by atoms with Gasteiger partial charge in [-0.2, -0.15) is 0 Å². The number of aryl methyl sites for hydroxylation is 1. The van der Waals surface area contributed by atoms with Crippen molar-refractivity contribution in [2.75, 3.05) is 0 Å². The molecule has 0 unspecified atom stereocenters. The highest BCUT2D eigenvalue weighted by atomic mass is 79.9. The first-order chi connectivity index (χ1) is 10.5. The number of sulfonamides is 1. The first-order valence-corrected chi connectivity index (χ1v) is 9.22. The molecule has 7 heteroatoms. The summed E-state index contributed by atoms with van der Waals surface area (Å²) in [4.78, 5) is 11.9. The van der Waals surface area contributed by atoms with E-state index in [9.17, 15) is 13.2 Å². The van der Waals surface area contributed by atoms with Crippen LogP contribution in [0.4, 0.5) is 0 Å². The predicted molar refractivity (Wildman–Crippen MR) is 92.9 cm³/mol. The molecule has 1 aromatic heterocycles. The molecule has 2 rings (SSSR count). The van der Waals surface area contributed by atoms with E-state index >= 15 is 0 Å². The molecule has 0 aliphatic heterocycles. The van der Waals surface area contributed by atoms with Crippen molar-refractivity contribution in [2.45, 2.75) is 38.1 Å². The molecule has 23 heavy (non-hydrogen) atoms. The highest BCUT2D eigenvalue weighted by Crippen LogP contribution is 2.27. The quantitative estimate of drug-likeness (QED) is 0.856. The van der Waals surface area contributed by atoms with Crippen molar-refractivity contribution < 1.29 is 12.8 Å². The van der Waals surface area contributed by atoms with Gasteiger partial charge in [0.25, 0.3) is 0 Å². The van der Waals surface area contributed by atoms with Crippen molar-refractivity contribution in [3.05, 3.63) is 51.0 Å². The Labute approximate surface area is 143 Å². The fourth-order valence-corrected chi connectivity index (χ4v) is 3.93. The van der Waals surface area contributed by atoms with Crippen LogP contribution in [0, 0.1) is 6.92 Å². The Kier molecular flexibility index (Phi) is 4.84. The fourth-order valence-electron chi connectivity index (χ4n) is 2.08. The maximum Gasteiger partial charge on any atom is 0.350 e. The molecule has 124 valence electrons. The maximum absolute atomic E-state index is 12.3. The molecule has 5 nitrogen and oxygen atoms in total. The van der Waals surface area contributed by atoms with Crippen LogP contribution in [0.25, 0.3) is 11.1 Å². The van der Waals surface area contributed by atoms with Crippen LogP contribution < -0.4 is 10.3 Å². The molecule has 0 saturated carbocycles. The van der Waals surface area contributed by atoms with Gasteiger partial charge >= 0.3 is 5.63 Å². The molecule has 0 fully saturated rings. The van der Waals surface area contributed by atoms with E-state index in [0.29, 0.717) is 15.8 Å². The predicted octanol–water partition coefficient (Wildman–Crippen LogP) is 3.45. The lowest BCUT2D eigenvalue weighted by atomic mass is 10.1. The number of halogens is 1. The first-order valence-electron chi connectivity index (χ1n) is 6.94. The zero-order chi connectivity index (χ0) is 17.4. The van der Waals surface area contributed by atoms with Crippen LogP contribution in [0.1, 0.15) is 26.5 Å². The van der Waals surface area contributed by atoms with Gasteiger partial charge < -0.3 is 4.42 Å². The zero-order valence-corrected chi connectivity index (χ0v) is 15.7. The van der Waals surface area contributed by atoms with Crippen LogP contribution in [0.3, 0.4) is 0 Å². The molecule has 1 N–H and O–H groups in total. The average molecular weight is 400 g/mol. The van der Waals surface area contributed by atoms with E-state index in [1.807, 2.05) is 0 Å². The number of nitrogens with one attached hydrogen (secondary N) is 1. The molecular weight excluding hydrogens is 382 g/mol. The normalized spacial score (nSPS) is 12.4. The second kappa shape index (κ2) is 6.22. The smallest absolute Gasteiger partial charge is 0.350 e. The minimum Gasteiger partial charge on any atom is -0.427 e.